The third-order valence-electron chi connectivity index (χ3n) is 2.55. The lowest BCUT2D eigenvalue weighted by Gasteiger charge is -2.04. The third kappa shape index (κ3) is 3.17. The number of benzene rings is 1. The molecule has 0 radical (unpaired) electrons. The van der Waals surface area contributed by atoms with Crippen LogP contribution in [0.1, 0.15) is 25.3 Å². The van der Waals surface area contributed by atoms with E-state index in [1.807, 2.05) is 0 Å². The molecule has 1 heterocycles. The summed E-state index contributed by atoms with van der Waals surface area (Å²) in [5.41, 5.74) is 2.31. The zero-order valence-electron chi connectivity index (χ0n) is 10.5. The Kier molecular flexibility index (Phi) is 3.59. The lowest BCUT2D eigenvalue weighted by molar-refractivity contribution is 0.459. The quantitative estimate of drug-likeness (QED) is 0.876. The Morgan fingerprint density at radius 3 is 2.59 bits per heavy atom. The highest BCUT2D eigenvalue weighted by atomic mass is 16.4. The summed E-state index contributed by atoms with van der Waals surface area (Å²) in [6, 6.07) is 8.68. The van der Waals surface area contributed by atoms with Crippen LogP contribution in [0.25, 0.3) is 11.3 Å². The largest absolute Gasteiger partial charge is 0.439 e. The van der Waals surface area contributed by atoms with Crippen molar-refractivity contribution in [2.24, 2.45) is 0 Å². The van der Waals surface area contributed by atoms with Crippen molar-refractivity contribution in [3.63, 3.8) is 0 Å². The lowest BCUT2D eigenvalue weighted by Crippen LogP contribution is -2.21. The van der Waals surface area contributed by atoms with E-state index in [0.29, 0.717) is 12.6 Å². The van der Waals surface area contributed by atoms with Crippen LogP contribution < -0.4 is 5.32 Å². The second kappa shape index (κ2) is 5.15. The van der Waals surface area contributed by atoms with Gasteiger partial charge in [-0.05, 0) is 6.92 Å². The monoisotopic (exact) mass is 230 g/mol. The van der Waals surface area contributed by atoms with Crippen molar-refractivity contribution in [2.45, 2.75) is 33.4 Å². The van der Waals surface area contributed by atoms with Crippen LogP contribution in [0.5, 0.6) is 0 Å². The topological polar surface area (TPSA) is 38.1 Å². The molecule has 0 fully saturated rings. The minimum absolute atomic E-state index is 0.435. The Balaban J connectivity index is 2.10. The van der Waals surface area contributed by atoms with Gasteiger partial charge in [0.1, 0.15) is 0 Å². The molecule has 17 heavy (non-hydrogen) atoms. The Morgan fingerprint density at radius 2 is 1.94 bits per heavy atom. The van der Waals surface area contributed by atoms with E-state index in [4.69, 9.17) is 4.42 Å². The molecule has 0 saturated heterocycles. The average Bonchev–Trinajstić information content (AvgIpc) is 2.76. The molecule has 0 atom stereocenters. The second-order valence-corrected chi connectivity index (χ2v) is 4.52. The molecule has 0 aliphatic rings. The SMILES string of the molecule is Cc1ccc(-c2cnc(CNC(C)C)o2)cc1. The minimum atomic E-state index is 0.435. The molecule has 1 aromatic carbocycles. The van der Waals surface area contributed by atoms with Gasteiger partial charge in [0.2, 0.25) is 5.89 Å². The number of hydrogen-bond acceptors (Lipinski definition) is 3. The van der Waals surface area contributed by atoms with Crippen LogP contribution >= 0.6 is 0 Å². The maximum absolute atomic E-state index is 5.69. The maximum atomic E-state index is 5.69. The van der Waals surface area contributed by atoms with Crippen molar-refractivity contribution in [3.05, 3.63) is 41.9 Å². The fourth-order valence-electron chi connectivity index (χ4n) is 1.53. The standard InChI is InChI=1S/C14H18N2O/c1-10(2)15-9-14-16-8-13(17-14)12-6-4-11(3)5-7-12/h4-8,10,15H,9H2,1-3H3. The average molecular weight is 230 g/mol. The summed E-state index contributed by atoms with van der Waals surface area (Å²) in [7, 11) is 0. The molecular weight excluding hydrogens is 212 g/mol. The first-order valence-electron chi connectivity index (χ1n) is 5.90. The van der Waals surface area contributed by atoms with Gasteiger partial charge < -0.3 is 9.73 Å². The fraction of sp³-hybridized carbons (Fsp3) is 0.357. The maximum Gasteiger partial charge on any atom is 0.208 e. The fourth-order valence-corrected chi connectivity index (χ4v) is 1.53. The van der Waals surface area contributed by atoms with Crippen LogP contribution in [-0.2, 0) is 6.54 Å². The van der Waals surface area contributed by atoms with Crippen LogP contribution in [-0.4, -0.2) is 11.0 Å². The molecule has 0 aliphatic heterocycles. The first-order chi connectivity index (χ1) is 8.15. The predicted molar refractivity (Wildman–Crippen MR) is 68.7 cm³/mol. The number of oxazole rings is 1. The van der Waals surface area contributed by atoms with E-state index >= 15 is 0 Å². The molecule has 90 valence electrons. The van der Waals surface area contributed by atoms with Crippen LogP contribution in [0.15, 0.2) is 34.9 Å². The number of aryl methyl sites for hydroxylation is 1. The summed E-state index contributed by atoms with van der Waals surface area (Å²) < 4.78 is 5.69. The molecule has 1 aromatic heterocycles. The number of nitrogens with zero attached hydrogens (tertiary/aromatic N) is 1. The van der Waals surface area contributed by atoms with Gasteiger partial charge >= 0.3 is 0 Å². The van der Waals surface area contributed by atoms with Crippen LogP contribution in [0.4, 0.5) is 0 Å². The second-order valence-electron chi connectivity index (χ2n) is 4.52. The van der Waals surface area contributed by atoms with E-state index < -0.39 is 0 Å². The van der Waals surface area contributed by atoms with Crippen molar-refractivity contribution in [3.8, 4) is 11.3 Å². The molecule has 3 heteroatoms. The van der Waals surface area contributed by atoms with Gasteiger partial charge in [-0.25, -0.2) is 4.98 Å². The molecule has 2 rings (SSSR count). The first-order valence-corrected chi connectivity index (χ1v) is 5.90. The van der Waals surface area contributed by atoms with Crippen molar-refractivity contribution in [1.82, 2.24) is 10.3 Å². The van der Waals surface area contributed by atoms with Gasteiger partial charge in [0, 0.05) is 11.6 Å². The van der Waals surface area contributed by atoms with Gasteiger partial charge in [0.25, 0.3) is 0 Å². The zero-order chi connectivity index (χ0) is 12.3. The molecule has 0 spiro atoms. The van der Waals surface area contributed by atoms with Gasteiger partial charge in [-0.2, -0.15) is 0 Å². The van der Waals surface area contributed by atoms with Gasteiger partial charge in [-0.1, -0.05) is 43.7 Å². The number of nitrogens with one attached hydrogen (secondary N) is 1. The summed E-state index contributed by atoms with van der Waals surface area (Å²) in [4.78, 5) is 4.26. The van der Waals surface area contributed by atoms with E-state index in [2.05, 4.69) is 55.3 Å². The van der Waals surface area contributed by atoms with E-state index in [1.165, 1.54) is 5.56 Å². The lowest BCUT2D eigenvalue weighted by atomic mass is 10.1. The van der Waals surface area contributed by atoms with Crippen LogP contribution in [0.3, 0.4) is 0 Å². The van der Waals surface area contributed by atoms with Gasteiger partial charge in [0.15, 0.2) is 5.76 Å². The highest BCUT2D eigenvalue weighted by molar-refractivity contribution is 5.56. The van der Waals surface area contributed by atoms with Gasteiger partial charge in [-0.15, -0.1) is 0 Å². The van der Waals surface area contributed by atoms with Crippen molar-refractivity contribution in [1.29, 1.82) is 0 Å². The predicted octanol–water partition coefficient (Wildman–Crippen LogP) is 3.15. The Morgan fingerprint density at radius 1 is 1.24 bits per heavy atom. The molecule has 0 aliphatic carbocycles. The van der Waals surface area contributed by atoms with E-state index in [9.17, 15) is 0 Å². The normalized spacial score (nSPS) is 11.1. The molecule has 1 N–H and O–H groups in total. The van der Waals surface area contributed by atoms with Crippen molar-refractivity contribution < 1.29 is 4.42 Å². The summed E-state index contributed by atoms with van der Waals surface area (Å²) in [5, 5.41) is 3.28. The molecule has 3 nitrogen and oxygen atoms in total. The van der Waals surface area contributed by atoms with Gasteiger partial charge in [0.05, 0.1) is 12.7 Å². The Hall–Kier alpha value is -1.61. The smallest absolute Gasteiger partial charge is 0.208 e. The first kappa shape index (κ1) is 11.9. The van der Waals surface area contributed by atoms with Crippen LogP contribution in [0, 0.1) is 6.92 Å². The molecule has 0 amide bonds. The van der Waals surface area contributed by atoms with Crippen molar-refractivity contribution in [2.75, 3.05) is 0 Å². The van der Waals surface area contributed by atoms with Gasteiger partial charge in [-0.3, -0.25) is 0 Å². The number of hydrogen-bond donors (Lipinski definition) is 1. The minimum Gasteiger partial charge on any atom is -0.439 e. The third-order valence-corrected chi connectivity index (χ3v) is 2.55. The highest BCUT2D eigenvalue weighted by Gasteiger charge is 2.06. The molecule has 0 bridgehead atoms. The van der Waals surface area contributed by atoms with Crippen LogP contribution in [0.2, 0.25) is 0 Å². The molecule has 2 aromatic rings. The molecule has 0 unspecified atom stereocenters. The van der Waals surface area contributed by atoms with E-state index in [0.717, 1.165) is 17.2 Å². The van der Waals surface area contributed by atoms with E-state index in [1.54, 1.807) is 6.20 Å². The molecular formula is C14H18N2O. The Labute approximate surface area is 102 Å². The van der Waals surface area contributed by atoms with E-state index in [-0.39, 0.29) is 0 Å². The highest BCUT2D eigenvalue weighted by Crippen LogP contribution is 2.20. The van der Waals surface area contributed by atoms with Crippen molar-refractivity contribution >= 4 is 0 Å². The molecule has 0 saturated carbocycles. The summed E-state index contributed by atoms with van der Waals surface area (Å²) in [6.45, 7) is 6.94. The summed E-state index contributed by atoms with van der Waals surface area (Å²) in [5.74, 6) is 1.56. The Bertz CT molecular complexity index is 471. The number of rotatable bonds is 4. The number of aromatic nitrogens is 1. The zero-order valence-corrected chi connectivity index (χ0v) is 10.5. The summed E-state index contributed by atoms with van der Waals surface area (Å²) >= 11 is 0. The summed E-state index contributed by atoms with van der Waals surface area (Å²) in [6.07, 6.45) is 1.78.